The number of rotatable bonds is 9. The molecule has 0 aromatic rings. The van der Waals surface area contributed by atoms with Crippen molar-refractivity contribution in [2.45, 2.75) is 26.2 Å². The highest BCUT2D eigenvalue weighted by Crippen LogP contribution is 2.03. The van der Waals surface area contributed by atoms with E-state index in [0.29, 0.717) is 16.6 Å². The van der Waals surface area contributed by atoms with E-state index in [4.69, 9.17) is 0 Å². The van der Waals surface area contributed by atoms with Crippen molar-refractivity contribution in [3.8, 4) is 0 Å². The van der Waals surface area contributed by atoms with E-state index in [0.717, 1.165) is 25.8 Å². The lowest BCUT2D eigenvalue weighted by Gasteiger charge is -2.30. The summed E-state index contributed by atoms with van der Waals surface area (Å²) >= 11 is 0. The van der Waals surface area contributed by atoms with Crippen molar-refractivity contribution in [3.63, 3.8) is 0 Å². The summed E-state index contributed by atoms with van der Waals surface area (Å²) in [6, 6.07) is 0. The van der Waals surface area contributed by atoms with Crippen molar-refractivity contribution in [3.05, 3.63) is 12.2 Å². The van der Waals surface area contributed by atoms with E-state index >= 15 is 0 Å². The number of carbonyl (C=O) groups is 2. The molecule has 0 aliphatic heterocycles. The molecule has 0 fully saturated rings. The molecular weight excluding hydrogens is 232 g/mol. The van der Waals surface area contributed by atoms with E-state index in [9.17, 15) is 14.7 Å². The van der Waals surface area contributed by atoms with Crippen LogP contribution in [0.15, 0.2) is 12.2 Å². The summed E-state index contributed by atoms with van der Waals surface area (Å²) in [5.41, 5.74) is 0.516. The molecule has 5 heteroatoms. The summed E-state index contributed by atoms with van der Waals surface area (Å²) in [7, 11) is 3.75. The van der Waals surface area contributed by atoms with Crippen LogP contribution in [0, 0.1) is 0 Å². The molecule has 0 aromatic carbocycles. The summed E-state index contributed by atoms with van der Waals surface area (Å²) in [5.74, 6) is -1.13. The van der Waals surface area contributed by atoms with E-state index in [1.54, 1.807) is 6.92 Å². The zero-order chi connectivity index (χ0) is 14.2. The van der Waals surface area contributed by atoms with Gasteiger partial charge in [0.25, 0.3) is 0 Å². The maximum absolute atomic E-state index is 11.2. The lowest BCUT2D eigenvalue weighted by atomic mass is 10.2. The molecule has 0 saturated heterocycles. The fourth-order valence-electron chi connectivity index (χ4n) is 1.62. The number of amides is 1. The smallest absolute Gasteiger partial charge is 0.246 e. The second-order valence-electron chi connectivity index (χ2n) is 5.29. The van der Waals surface area contributed by atoms with Gasteiger partial charge in [0.15, 0.2) is 0 Å². The van der Waals surface area contributed by atoms with Crippen LogP contribution in [0.5, 0.6) is 0 Å². The van der Waals surface area contributed by atoms with Crippen molar-refractivity contribution in [1.29, 1.82) is 0 Å². The molecule has 0 heterocycles. The van der Waals surface area contributed by atoms with Gasteiger partial charge in [-0.1, -0.05) is 6.58 Å². The summed E-state index contributed by atoms with van der Waals surface area (Å²) in [6.07, 6.45) is 2.79. The Labute approximate surface area is 109 Å². The van der Waals surface area contributed by atoms with Gasteiger partial charge in [0.2, 0.25) is 5.91 Å². The average molecular weight is 256 g/mol. The van der Waals surface area contributed by atoms with Crippen LogP contribution in [0.25, 0.3) is 0 Å². The van der Waals surface area contributed by atoms with Crippen LogP contribution < -0.4 is 10.4 Å². The third-order valence-corrected chi connectivity index (χ3v) is 2.67. The molecular formula is C13H24N2O3. The van der Waals surface area contributed by atoms with Gasteiger partial charge in [-0.25, -0.2) is 0 Å². The molecule has 0 rings (SSSR count). The molecule has 0 spiro atoms. The van der Waals surface area contributed by atoms with Crippen LogP contribution in [0.2, 0.25) is 0 Å². The Hall–Kier alpha value is -1.36. The number of nitrogens with one attached hydrogen (secondary N) is 1. The molecule has 0 aromatic heterocycles. The second kappa shape index (κ2) is 7.87. The average Bonchev–Trinajstić information content (AvgIpc) is 2.20. The Bertz CT molecular complexity index is 311. The molecule has 0 bridgehead atoms. The third-order valence-electron chi connectivity index (χ3n) is 2.67. The monoisotopic (exact) mass is 256 g/mol. The Morgan fingerprint density at radius 3 is 2.33 bits per heavy atom. The van der Waals surface area contributed by atoms with Gasteiger partial charge in [0, 0.05) is 12.1 Å². The van der Waals surface area contributed by atoms with Crippen molar-refractivity contribution in [1.82, 2.24) is 5.32 Å². The number of unbranched alkanes of at least 4 members (excludes halogenated alkanes) is 2. The van der Waals surface area contributed by atoms with E-state index in [1.807, 2.05) is 14.1 Å². The van der Waals surface area contributed by atoms with Crippen LogP contribution in [0.3, 0.4) is 0 Å². The first-order valence-electron chi connectivity index (χ1n) is 6.20. The Balaban J connectivity index is 3.59. The van der Waals surface area contributed by atoms with Gasteiger partial charge >= 0.3 is 0 Å². The van der Waals surface area contributed by atoms with Crippen LogP contribution in [-0.2, 0) is 9.59 Å². The number of carboxylic acid groups (broad SMARTS) is 1. The molecule has 0 saturated carbocycles. The zero-order valence-electron chi connectivity index (χ0n) is 11.6. The first kappa shape index (κ1) is 16.6. The quantitative estimate of drug-likeness (QED) is 0.349. The van der Waals surface area contributed by atoms with E-state index in [1.165, 1.54) is 0 Å². The third kappa shape index (κ3) is 8.75. The lowest BCUT2D eigenvalue weighted by molar-refractivity contribution is -0.885. The minimum atomic E-state index is -1.02. The number of nitrogens with zero attached hydrogens (tertiary/aromatic N) is 1. The molecule has 0 unspecified atom stereocenters. The van der Waals surface area contributed by atoms with Crippen molar-refractivity contribution >= 4 is 11.9 Å². The van der Waals surface area contributed by atoms with Crippen molar-refractivity contribution in [2.75, 3.05) is 33.7 Å². The van der Waals surface area contributed by atoms with E-state index in [-0.39, 0.29) is 12.5 Å². The van der Waals surface area contributed by atoms with Crippen molar-refractivity contribution in [2.24, 2.45) is 0 Å². The highest BCUT2D eigenvalue weighted by molar-refractivity contribution is 5.91. The lowest BCUT2D eigenvalue weighted by Crippen LogP contribution is -2.48. The van der Waals surface area contributed by atoms with Gasteiger partial charge in [-0.3, -0.25) is 4.79 Å². The predicted octanol–water partition coefficient (Wildman–Crippen LogP) is -0.325. The second-order valence-corrected chi connectivity index (χ2v) is 5.29. The van der Waals surface area contributed by atoms with Gasteiger partial charge in [0.05, 0.1) is 26.6 Å². The standard InChI is InChI=1S/C13H24N2O3/c1-11(2)13(18)14-8-6-5-7-9-15(3,4)10-12(16)17/h1,5-10H2,2-4H3,(H-,14,16,17,18). The summed E-state index contributed by atoms with van der Waals surface area (Å²) in [5, 5.41) is 13.3. The molecule has 104 valence electrons. The van der Waals surface area contributed by atoms with Gasteiger partial charge in [-0.15, -0.1) is 0 Å². The summed E-state index contributed by atoms with van der Waals surface area (Å²) in [4.78, 5) is 21.7. The largest absolute Gasteiger partial charge is 0.544 e. The molecule has 1 amide bonds. The fraction of sp³-hybridized carbons (Fsp3) is 0.692. The number of hydrogen-bond acceptors (Lipinski definition) is 3. The SMILES string of the molecule is C=C(C)C(=O)NCCCCC[N+](C)(C)CC(=O)[O-]. The molecule has 0 atom stereocenters. The van der Waals surface area contributed by atoms with Gasteiger partial charge in [0.1, 0.15) is 6.54 Å². The number of carboxylic acids is 1. The Morgan fingerprint density at radius 1 is 1.22 bits per heavy atom. The molecule has 5 nitrogen and oxygen atoms in total. The minimum Gasteiger partial charge on any atom is -0.544 e. The van der Waals surface area contributed by atoms with Crippen molar-refractivity contribution < 1.29 is 19.2 Å². The summed E-state index contributed by atoms with van der Waals surface area (Å²) in [6.45, 7) is 6.70. The predicted molar refractivity (Wildman–Crippen MR) is 68.5 cm³/mol. The number of quaternary nitrogens is 1. The summed E-state index contributed by atoms with van der Waals surface area (Å²) < 4.78 is 0.431. The number of aliphatic carboxylic acids is 1. The molecule has 1 N–H and O–H groups in total. The maximum atomic E-state index is 11.2. The maximum Gasteiger partial charge on any atom is 0.246 e. The van der Waals surface area contributed by atoms with Crippen LogP contribution in [0.4, 0.5) is 0 Å². The fourth-order valence-corrected chi connectivity index (χ4v) is 1.62. The van der Waals surface area contributed by atoms with E-state index in [2.05, 4.69) is 11.9 Å². The van der Waals surface area contributed by atoms with Gasteiger partial charge in [-0.2, -0.15) is 0 Å². The molecule has 0 radical (unpaired) electrons. The first-order chi connectivity index (χ1) is 8.24. The van der Waals surface area contributed by atoms with E-state index < -0.39 is 5.97 Å². The Morgan fingerprint density at radius 2 is 1.83 bits per heavy atom. The highest BCUT2D eigenvalue weighted by atomic mass is 16.4. The highest BCUT2D eigenvalue weighted by Gasteiger charge is 2.14. The van der Waals surface area contributed by atoms with Crippen LogP contribution in [-0.4, -0.2) is 50.1 Å². The normalized spacial score (nSPS) is 11.1. The number of hydrogen-bond donors (Lipinski definition) is 1. The first-order valence-corrected chi connectivity index (χ1v) is 6.20. The Kier molecular flexibility index (Phi) is 7.27. The molecule has 0 aliphatic rings. The van der Waals surface area contributed by atoms with Gasteiger partial charge in [-0.05, 0) is 26.2 Å². The number of likely N-dealkylation sites (N-methyl/N-ethyl adjacent to an activating group) is 1. The number of carbonyl (C=O) groups excluding carboxylic acids is 2. The van der Waals surface area contributed by atoms with Gasteiger partial charge < -0.3 is 19.7 Å². The topological polar surface area (TPSA) is 69.2 Å². The van der Waals surface area contributed by atoms with Crippen LogP contribution in [0.1, 0.15) is 26.2 Å². The minimum absolute atomic E-state index is 0.0341. The molecule has 0 aliphatic carbocycles. The molecule has 18 heavy (non-hydrogen) atoms. The van der Waals surface area contributed by atoms with Crippen LogP contribution >= 0.6 is 0 Å². The zero-order valence-corrected chi connectivity index (χ0v) is 11.6.